The van der Waals surface area contributed by atoms with Gasteiger partial charge < -0.3 is 24.7 Å². The van der Waals surface area contributed by atoms with Crippen molar-refractivity contribution in [1.82, 2.24) is 14.8 Å². The van der Waals surface area contributed by atoms with E-state index in [4.69, 9.17) is 4.74 Å². The van der Waals surface area contributed by atoms with Crippen molar-refractivity contribution in [3.8, 4) is 0 Å². The summed E-state index contributed by atoms with van der Waals surface area (Å²) in [4.78, 5) is 15.3. The van der Waals surface area contributed by atoms with Crippen molar-refractivity contribution in [3.63, 3.8) is 0 Å². The first-order valence-corrected chi connectivity index (χ1v) is 14.6. The van der Waals surface area contributed by atoms with Gasteiger partial charge in [0, 0.05) is 47.3 Å². The number of carbonyl (C=O) groups is 1. The first kappa shape index (κ1) is 28.1. The molecule has 0 spiro atoms. The van der Waals surface area contributed by atoms with Crippen molar-refractivity contribution in [2.45, 2.75) is 77.6 Å². The zero-order chi connectivity index (χ0) is 28.1. The fraction of sp³-hybridized carbons (Fsp3) is 0.500. The Labute approximate surface area is 236 Å². The predicted octanol–water partition coefficient (Wildman–Crippen LogP) is 6.87. The molecule has 1 saturated heterocycles. The third-order valence-corrected chi connectivity index (χ3v) is 8.97. The minimum atomic E-state index is -0.537. The van der Waals surface area contributed by atoms with Crippen LogP contribution in [0.5, 0.6) is 0 Å². The molecule has 2 fully saturated rings. The van der Waals surface area contributed by atoms with Gasteiger partial charge in [0.25, 0.3) is 0 Å². The number of ether oxygens (including phenoxy) is 1. The number of fused-ring (bicyclic) bond motifs is 1. The summed E-state index contributed by atoms with van der Waals surface area (Å²) in [6, 6.07) is 15.1. The maximum absolute atomic E-state index is 14.3. The largest absolute Gasteiger partial charge is 0.445 e. The first-order valence-electron chi connectivity index (χ1n) is 14.6. The van der Waals surface area contributed by atoms with Crippen molar-refractivity contribution in [2.75, 3.05) is 13.1 Å². The highest BCUT2D eigenvalue weighted by Gasteiger charge is 2.32. The average molecular weight is 549 g/mol. The number of hydrogen-bond donors (Lipinski definition) is 2. The number of oxime groups is 1. The van der Waals surface area contributed by atoms with Gasteiger partial charge in [-0.1, -0.05) is 49.3 Å². The van der Waals surface area contributed by atoms with Gasteiger partial charge in [0.05, 0.1) is 12.8 Å². The highest BCUT2D eigenvalue weighted by molar-refractivity contribution is 6.01. The predicted molar refractivity (Wildman–Crippen MR) is 155 cm³/mol. The second kappa shape index (κ2) is 12.9. The molecule has 2 aliphatic rings. The second-order valence-electron chi connectivity index (χ2n) is 11.6. The zero-order valence-electron chi connectivity index (χ0n) is 23.6. The van der Waals surface area contributed by atoms with Crippen LogP contribution in [0.4, 0.5) is 9.18 Å². The van der Waals surface area contributed by atoms with Gasteiger partial charge in [-0.2, -0.15) is 0 Å². The number of benzene rings is 2. The molecule has 2 heterocycles. The minimum Gasteiger partial charge on any atom is -0.445 e. The second-order valence-corrected chi connectivity index (χ2v) is 11.6. The third-order valence-electron chi connectivity index (χ3n) is 8.97. The van der Waals surface area contributed by atoms with Crippen LogP contribution in [0, 0.1) is 17.7 Å². The number of hydrogen-bond acceptors (Lipinski definition) is 5. The number of rotatable bonds is 8. The maximum atomic E-state index is 14.3. The summed E-state index contributed by atoms with van der Waals surface area (Å²) in [5.74, 6) is 1.25. The molecular formula is C32H41FN4O3. The molecule has 1 aliphatic heterocycles. The Morgan fingerprint density at radius 3 is 2.48 bits per heavy atom. The number of nitrogens with zero attached hydrogens (tertiary/aromatic N) is 3. The minimum absolute atomic E-state index is 0.170. The molecule has 0 atom stereocenters. The molecule has 1 aliphatic carbocycles. The molecule has 7 nitrogen and oxygen atoms in total. The van der Waals surface area contributed by atoms with Crippen LogP contribution in [-0.4, -0.2) is 46.1 Å². The molecule has 8 heteroatoms. The molecule has 2 N–H and O–H groups in total. The normalized spacial score (nSPS) is 20.9. The highest BCUT2D eigenvalue weighted by Crippen LogP contribution is 2.37. The molecular weight excluding hydrogens is 507 g/mol. The van der Waals surface area contributed by atoms with E-state index in [0.29, 0.717) is 17.0 Å². The van der Waals surface area contributed by atoms with Crippen molar-refractivity contribution in [3.05, 3.63) is 71.2 Å². The van der Waals surface area contributed by atoms with E-state index in [1.165, 1.54) is 44.0 Å². The van der Waals surface area contributed by atoms with Gasteiger partial charge in [0.15, 0.2) is 0 Å². The number of piperidine rings is 1. The van der Waals surface area contributed by atoms with Crippen LogP contribution >= 0.6 is 0 Å². The SMILES string of the molecule is CC(C)C1CCC(N2CCC(n3c(CNC(=O)OCc4ccccc4)c(C=NO)c4cc(F)ccc43)CC2)CC1. The monoisotopic (exact) mass is 548 g/mol. The lowest BCUT2D eigenvalue weighted by molar-refractivity contribution is 0.0888. The number of carbonyl (C=O) groups excluding carboxylic acids is 1. The maximum Gasteiger partial charge on any atom is 0.407 e. The van der Waals surface area contributed by atoms with E-state index in [2.05, 4.69) is 33.8 Å². The molecule has 0 bridgehead atoms. The molecule has 3 aromatic rings. The van der Waals surface area contributed by atoms with Crippen LogP contribution in [0.25, 0.3) is 10.9 Å². The van der Waals surface area contributed by atoms with Crippen LogP contribution in [0.15, 0.2) is 53.7 Å². The number of nitrogens with one attached hydrogen (secondary N) is 1. The van der Waals surface area contributed by atoms with Crippen LogP contribution in [0.1, 0.15) is 75.2 Å². The Hall–Kier alpha value is -3.39. The Morgan fingerprint density at radius 2 is 1.80 bits per heavy atom. The average Bonchev–Trinajstić information content (AvgIpc) is 3.28. The van der Waals surface area contributed by atoms with E-state index >= 15 is 0 Å². The van der Waals surface area contributed by atoms with E-state index in [1.54, 1.807) is 6.07 Å². The zero-order valence-corrected chi connectivity index (χ0v) is 23.6. The number of aromatic nitrogens is 1. The van der Waals surface area contributed by atoms with Crippen molar-refractivity contribution in [2.24, 2.45) is 17.0 Å². The summed E-state index contributed by atoms with van der Waals surface area (Å²) in [5.41, 5.74) is 3.17. The lowest BCUT2D eigenvalue weighted by Gasteiger charge is -2.42. The van der Waals surface area contributed by atoms with E-state index in [-0.39, 0.29) is 25.0 Å². The summed E-state index contributed by atoms with van der Waals surface area (Å²) < 4.78 is 22.0. The smallest absolute Gasteiger partial charge is 0.407 e. The van der Waals surface area contributed by atoms with Gasteiger partial charge in [-0.3, -0.25) is 0 Å². The molecule has 1 saturated carbocycles. The highest BCUT2D eigenvalue weighted by atomic mass is 19.1. The van der Waals surface area contributed by atoms with Gasteiger partial charge in [0.1, 0.15) is 12.4 Å². The Kier molecular flexibility index (Phi) is 9.04. The standard InChI is InChI=1S/C32H41FN4O3/c1-22(2)24-8-11-26(12-9-24)36-16-14-27(15-17-36)37-30-13-10-25(33)18-28(30)29(19-35-39)31(37)20-34-32(38)40-21-23-6-4-3-5-7-23/h3-7,10,13,18-19,22,24,26-27,39H,8-9,11-12,14-17,20-21H2,1-2H3,(H,34,38). The summed E-state index contributed by atoms with van der Waals surface area (Å²) in [6.45, 7) is 7.05. The molecule has 2 aromatic carbocycles. The van der Waals surface area contributed by atoms with E-state index in [0.717, 1.165) is 54.5 Å². The van der Waals surface area contributed by atoms with Crippen LogP contribution in [-0.2, 0) is 17.9 Å². The topological polar surface area (TPSA) is 79.1 Å². The van der Waals surface area contributed by atoms with E-state index in [1.807, 2.05) is 30.3 Å². The van der Waals surface area contributed by atoms with Crippen LogP contribution < -0.4 is 5.32 Å². The van der Waals surface area contributed by atoms with Crippen molar-refractivity contribution < 1.29 is 19.1 Å². The van der Waals surface area contributed by atoms with Gasteiger partial charge in [-0.15, -0.1) is 0 Å². The van der Waals surface area contributed by atoms with Gasteiger partial charge in [-0.05, 0) is 74.1 Å². The molecule has 1 aromatic heterocycles. The molecule has 0 radical (unpaired) electrons. The summed E-state index contributed by atoms with van der Waals surface area (Å²) in [7, 11) is 0. The Bertz CT molecular complexity index is 1310. The molecule has 214 valence electrons. The summed E-state index contributed by atoms with van der Waals surface area (Å²) in [6.07, 6.45) is 7.91. The van der Waals surface area contributed by atoms with Crippen LogP contribution in [0.2, 0.25) is 0 Å². The van der Waals surface area contributed by atoms with Crippen molar-refractivity contribution in [1.29, 1.82) is 0 Å². The quantitative estimate of drug-likeness (QED) is 0.183. The van der Waals surface area contributed by atoms with E-state index in [9.17, 15) is 14.4 Å². The lowest BCUT2D eigenvalue weighted by atomic mass is 9.79. The molecule has 40 heavy (non-hydrogen) atoms. The fourth-order valence-electron chi connectivity index (χ4n) is 6.74. The molecule has 5 rings (SSSR count). The number of likely N-dealkylation sites (tertiary alicyclic amines) is 1. The van der Waals surface area contributed by atoms with E-state index < -0.39 is 6.09 Å². The first-order chi connectivity index (χ1) is 19.4. The van der Waals surface area contributed by atoms with Crippen molar-refractivity contribution >= 4 is 23.2 Å². The number of amides is 1. The fourth-order valence-corrected chi connectivity index (χ4v) is 6.74. The Morgan fingerprint density at radius 1 is 1.07 bits per heavy atom. The molecule has 1 amide bonds. The molecule has 0 unspecified atom stereocenters. The number of alkyl carbamates (subject to hydrolysis) is 1. The van der Waals surface area contributed by atoms with Crippen LogP contribution in [0.3, 0.4) is 0 Å². The van der Waals surface area contributed by atoms with Gasteiger partial charge >= 0.3 is 6.09 Å². The van der Waals surface area contributed by atoms with Gasteiger partial charge in [-0.25, -0.2) is 9.18 Å². The lowest BCUT2D eigenvalue weighted by Crippen LogP contribution is -2.44. The third kappa shape index (κ3) is 6.33. The number of halogens is 1. The van der Waals surface area contributed by atoms with Gasteiger partial charge in [0.2, 0.25) is 0 Å². The summed E-state index contributed by atoms with van der Waals surface area (Å²) >= 11 is 0. The summed E-state index contributed by atoms with van der Waals surface area (Å²) in [5, 5.41) is 16.3. The Balaban J connectivity index is 1.32.